The molecule has 7 nitrogen and oxygen atoms in total. The van der Waals surface area contributed by atoms with Crippen LogP contribution in [0, 0.1) is 0 Å². The van der Waals surface area contributed by atoms with E-state index in [4.69, 9.17) is 37.6 Å². The van der Waals surface area contributed by atoms with Crippen LogP contribution >= 0.6 is 23.2 Å². The topological polar surface area (TPSA) is 88.7 Å². The molecule has 0 radical (unpaired) electrons. The van der Waals surface area contributed by atoms with Crippen LogP contribution in [0.2, 0.25) is 10.0 Å². The molecule has 35 heavy (non-hydrogen) atoms. The summed E-state index contributed by atoms with van der Waals surface area (Å²) in [5, 5.41) is 14.6. The normalized spacial score (nSPS) is 23.6. The minimum Gasteiger partial charge on any atom is -0.478 e. The van der Waals surface area contributed by atoms with E-state index in [0.29, 0.717) is 45.9 Å². The van der Waals surface area contributed by atoms with E-state index < -0.39 is 5.97 Å². The molecule has 0 spiro atoms. The lowest BCUT2D eigenvalue weighted by atomic mass is 9.99. The molecule has 1 saturated carbocycles. The second-order valence-electron chi connectivity index (χ2n) is 9.65. The Hall–Kier alpha value is -2.61. The monoisotopic (exact) mass is 513 g/mol. The predicted octanol–water partition coefficient (Wildman–Crippen LogP) is 6.34. The zero-order valence-corrected chi connectivity index (χ0v) is 20.5. The number of hydrogen-bond acceptors (Lipinski definition) is 6. The first-order valence-electron chi connectivity index (χ1n) is 12.0. The number of fused-ring (bicyclic) bond motifs is 2. The van der Waals surface area contributed by atoms with Gasteiger partial charge in [-0.1, -0.05) is 34.4 Å². The van der Waals surface area contributed by atoms with Crippen molar-refractivity contribution in [1.29, 1.82) is 0 Å². The van der Waals surface area contributed by atoms with Crippen LogP contribution in [0.4, 0.5) is 5.82 Å². The van der Waals surface area contributed by atoms with Crippen LogP contribution in [-0.4, -0.2) is 39.4 Å². The van der Waals surface area contributed by atoms with Crippen molar-refractivity contribution in [2.45, 2.75) is 69.2 Å². The number of benzene rings is 1. The number of nitrogens with zero attached hydrogens (tertiary/aromatic N) is 3. The Kier molecular flexibility index (Phi) is 5.95. The molecule has 3 aromatic rings. The van der Waals surface area contributed by atoms with Gasteiger partial charge in [-0.2, -0.15) is 0 Å². The largest absolute Gasteiger partial charge is 0.478 e. The highest BCUT2D eigenvalue weighted by Crippen LogP contribution is 2.46. The molecule has 4 heterocycles. The molecule has 3 atom stereocenters. The fraction of sp³-hybridized carbons (Fsp3) is 0.423. The molecule has 3 fully saturated rings. The number of carboxylic acid groups (broad SMARTS) is 1. The molecular formula is C26H25Cl2N3O4. The molecule has 6 rings (SSSR count). The molecule has 2 aromatic heterocycles. The number of aromatic nitrogens is 2. The maximum atomic E-state index is 11.2. The Balaban J connectivity index is 1.19. The molecule has 0 amide bonds. The summed E-state index contributed by atoms with van der Waals surface area (Å²) in [4.78, 5) is 17.9. The fourth-order valence-electron chi connectivity index (χ4n) is 5.55. The van der Waals surface area contributed by atoms with Crippen LogP contribution in [0.5, 0.6) is 0 Å². The molecule has 2 aliphatic heterocycles. The van der Waals surface area contributed by atoms with Gasteiger partial charge in [-0.05, 0) is 62.8 Å². The van der Waals surface area contributed by atoms with Gasteiger partial charge in [0.2, 0.25) is 0 Å². The van der Waals surface area contributed by atoms with Crippen molar-refractivity contribution in [3.05, 3.63) is 63.5 Å². The molecule has 1 unspecified atom stereocenters. The van der Waals surface area contributed by atoms with Crippen molar-refractivity contribution in [3.8, 4) is 11.3 Å². The van der Waals surface area contributed by atoms with Crippen molar-refractivity contribution in [2.24, 2.45) is 0 Å². The van der Waals surface area contributed by atoms with Crippen LogP contribution in [0.1, 0.15) is 66.1 Å². The number of ether oxygens (including phenoxy) is 1. The second-order valence-corrected chi connectivity index (χ2v) is 10.5. The van der Waals surface area contributed by atoms with Gasteiger partial charge < -0.3 is 19.3 Å². The third kappa shape index (κ3) is 4.30. The summed E-state index contributed by atoms with van der Waals surface area (Å²) in [6, 6.07) is 9.52. The Labute approximate surface area is 213 Å². The van der Waals surface area contributed by atoms with E-state index in [1.54, 1.807) is 6.07 Å². The standard InChI is InChI=1S/C26H25Cl2N3O4/c27-20-2-1-3-21(28)23(20)24-19(25(35-30-24)14-4-5-14)13-34-18-10-16-7-8-17(11-18)31(16)22-9-6-15(12-29-22)26(32)33/h1-3,6,9,12,14,16-18H,4-5,7-8,10-11,13H2,(H,32,33)/t16-,17+,18?. The van der Waals surface area contributed by atoms with Crippen LogP contribution in [0.3, 0.4) is 0 Å². The second kappa shape index (κ2) is 9.12. The molecule has 1 aliphatic carbocycles. The van der Waals surface area contributed by atoms with Crippen LogP contribution < -0.4 is 4.90 Å². The average Bonchev–Trinajstić information content (AvgIpc) is 3.55. The number of pyridine rings is 1. The zero-order chi connectivity index (χ0) is 24.1. The third-order valence-corrected chi connectivity index (χ3v) is 8.01. The number of hydrogen-bond donors (Lipinski definition) is 1. The molecule has 2 saturated heterocycles. The first kappa shape index (κ1) is 22.8. The minimum atomic E-state index is -0.962. The van der Waals surface area contributed by atoms with Gasteiger partial charge in [0.25, 0.3) is 0 Å². The van der Waals surface area contributed by atoms with E-state index in [1.165, 1.54) is 6.20 Å². The van der Waals surface area contributed by atoms with Crippen LogP contribution in [-0.2, 0) is 11.3 Å². The smallest absolute Gasteiger partial charge is 0.337 e. The molecule has 2 bridgehead atoms. The highest BCUT2D eigenvalue weighted by Gasteiger charge is 2.42. The van der Waals surface area contributed by atoms with Crippen molar-refractivity contribution in [3.63, 3.8) is 0 Å². The number of piperidine rings is 1. The summed E-state index contributed by atoms with van der Waals surface area (Å²) in [6.45, 7) is 0.405. The summed E-state index contributed by atoms with van der Waals surface area (Å²) >= 11 is 13.0. The fourth-order valence-corrected chi connectivity index (χ4v) is 6.13. The predicted molar refractivity (Wildman–Crippen MR) is 132 cm³/mol. The molecule has 1 N–H and O–H groups in total. The van der Waals surface area contributed by atoms with E-state index in [2.05, 4.69) is 15.0 Å². The quantitative estimate of drug-likeness (QED) is 0.394. The summed E-state index contributed by atoms with van der Waals surface area (Å²) in [5.41, 5.74) is 2.51. The average molecular weight is 514 g/mol. The van der Waals surface area contributed by atoms with Gasteiger partial charge in [0, 0.05) is 35.3 Å². The van der Waals surface area contributed by atoms with Gasteiger partial charge in [0.15, 0.2) is 0 Å². The maximum Gasteiger partial charge on any atom is 0.337 e. The van der Waals surface area contributed by atoms with E-state index in [-0.39, 0.29) is 11.7 Å². The van der Waals surface area contributed by atoms with Crippen molar-refractivity contribution >= 4 is 35.0 Å². The zero-order valence-electron chi connectivity index (χ0n) is 19.0. The highest BCUT2D eigenvalue weighted by molar-refractivity contribution is 6.39. The van der Waals surface area contributed by atoms with Crippen molar-refractivity contribution < 1.29 is 19.2 Å². The number of rotatable bonds is 7. The molecular weight excluding hydrogens is 489 g/mol. The van der Waals surface area contributed by atoms with Crippen LogP contribution in [0.25, 0.3) is 11.3 Å². The maximum absolute atomic E-state index is 11.2. The van der Waals surface area contributed by atoms with E-state index in [0.717, 1.165) is 55.7 Å². The summed E-state index contributed by atoms with van der Waals surface area (Å²) in [7, 11) is 0. The number of anilines is 1. The summed E-state index contributed by atoms with van der Waals surface area (Å²) < 4.78 is 12.3. The van der Waals surface area contributed by atoms with Gasteiger partial charge in [0.05, 0.1) is 28.3 Å². The first-order valence-corrected chi connectivity index (χ1v) is 12.8. The molecule has 182 valence electrons. The Morgan fingerprint density at radius 3 is 2.40 bits per heavy atom. The summed E-state index contributed by atoms with van der Waals surface area (Å²) in [6.07, 6.45) is 7.67. The Morgan fingerprint density at radius 2 is 1.80 bits per heavy atom. The van der Waals surface area contributed by atoms with Gasteiger partial charge in [-0.15, -0.1) is 0 Å². The van der Waals surface area contributed by atoms with Crippen LogP contribution in [0.15, 0.2) is 41.1 Å². The van der Waals surface area contributed by atoms with Gasteiger partial charge in [0.1, 0.15) is 17.3 Å². The Morgan fingerprint density at radius 1 is 1.09 bits per heavy atom. The minimum absolute atomic E-state index is 0.110. The number of halogens is 2. The molecule has 3 aliphatic rings. The molecule has 9 heteroatoms. The van der Waals surface area contributed by atoms with Crippen molar-refractivity contribution in [1.82, 2.24) is 10.1 Å². The summed E-state index contributed by atoms with van der Waals surface area (Å²) in [5.74, 6) is 1.15. The first-order chi connectivity index (χ1) is 17.0. The van der Waals surface area contributed by atoms with Crippen molar-refractivity contribution in [2.75, 3.05) is 4.90 Å². The third-order valence-electron chi connectivity index (χ3n) is 7.38. The van der Waals surface area contributed by atoms with Gasteiger partial charge in [-0.3, -0.25) is 0 Å². The number of carboxylic acids is 1. The lowest BCUT2D eigenvalue weighted by Crippen LogP contribution is -2.46. The number of carbonyl (C=O) groups is 1. The van der Waals surface area contributed by atoms with E-state index in [9.17, 15) is 4.79 Å². The van der Waals surface area contributed by atoms with Gasteiger partial charge >= 0.3 is 5.97 Å². The van der Waals surface area contributed by atoms with E-state index >= 15 is 0 Å². The molecule has 1 aromatic carbocycles. The van der Waals surface area contributed by atoms with E-state index in [1.807, 2.05) is 24.3 Å². The lowest BCUT2D eigenvalue weighted by molar-refractivity contribution is 0.0146. The SMILES string of the molecule is O=C(O)c1ccc(N2[C@@H]3CC[C@H]2CC(OCc2c(-c4c(Cl)cccc4Cl)noc2C2CC2)C3)nc1. The highest BCUT2D eigenvalue weighted by atomic mass is 35.5. The van der Waals surface area contributed by atoms with Gasteiger partial charge in [-0.25, -0.2) is 9.78 Å². The lowest BCUT2D eigenvalue weighted by Gasteiger charge is -2.39. The number of aromatic carboxylic acids is 1. The Bertz CT molecular complexity index is 1220.